The number of nitrogens with zero attached hydrogens (tertiary/aromatic N) is 1. The second-order valence-corrected chi connectivity index (χ2v) is 6.50. The predicted molar refractivity (Wildman–Crippen MR) is 113 cm³/mol. The number of hydrogen-bond acceptors (Lipinski definition) is 4. The Morgan fingerprint density at radius 2 is 1.76 bits per heavy atom. The molecule has 0 atom stereocenters. The minimum atomic E-state index is -0.403. The first kappa shape index (κ1) is 20.2. The number of halogens is 1. The molecule has 0 radical (unpaired) electrons. The Balaban J connectivity index is 1.63. The van der Waals surface area contributed by atoms with Crippen LogP contribution in [0.2, 0.25) is 5.02 Å². The molecule has 148 valence electrons. The van der Waals surface area contributed by atoms with Gasteiger partial charge in [-0.15, -0.1) is 0 Å². The topological polar surface area (TPSA) is 92.4 Å². The fourth-order valence-corrected chi connectivity index (χ4v) is 2.80. The van der Waals surface area contributed by atoms with Gasteiger partial charge in [-0.2, -0.15) is 0 Å². The summed E-state index contributed by atoms with van der Waals surface area (Å²) in [5.74, 6) is 0.730. The molecule has 3 aromatic rings. The Hall–Kier alpha value is -3.58. The standard InChI is InChI=1S/C21H19ClN4O3/c1-13-4-3-5-17(22)19(13)26-21(28)25-14-6-8-15(9-7-14)29-16-10-11-24-18(12-16)20(27)23-2/h3-12H,1-2H3,(H,23,27)(H2,25,26,28). The van der Waals surface area contributed by atoms with E-state index in [-0.39, 0.29) is 11.6 Å². The van der Waals surface area contributed by atoms with E-state index >= 15 is 0 Å². The largest absolute Gasteiger partial charge is 0.457 e. The van der Waals surface area contributed by atoms with Crippen molar-refractivity contribution in [2.75, 3.05) is 17.7 Å². The van der Waals surface area contributed by atoms with Gasteiger partial charge in [0.05, 0.1) is 10.7 Å². The number of anilines is 2. The van der Waals surface area contributed by atoms with Crippen LogP contribution in [0.4, 0.5) is 16.2 Å². The molecule has 3 rings (SSSR count). The number of amides is 3. The third kappa shape index (κ3) is 5.24. The van der Waals surface area contributed by atoms with Crippen LogP contribution in [0.15, 0.2) is 60.8 Å². The number of aromatic nitrogens is 1. The summed E-state index contributed by atoms with van der Waals surface area (Å²) < 4.78 is 5.73. The fourth-order valence-electron chi connectivity index (χ4n) is 2.54. The summed E-state index contributed by atoms with van der Waals surface area (Å²) in [5.41, 5.74) is 2.27. The fraction of sp³-hybridized carbons (Fsp3) is 0.0952. The smallest absolute Gasteiger partial charge is 0.323 e. The molecule has 8 heteroatoms. The first-order chi connectivity index (χ1) is 14.0. The van der Waals surface area contributed by atoms with E-state index in [1.54, 1.807) is 42.5 Å². The first-order valence-electron chi connectivity index (χ1n) is 8.75. The van der Waals surface area contributed by atoms with Crippen LogP contribution in [0, 0.1) is 6.92 Å². The zero-order valence-corrected chi connectivity index (χ0v) is 16.6. The number of benzene rings is 2. The summed E-state index contributed by atoms with van der Waals surface area (Å²) in [6.45, 7) is 1.86. The van der Waals surface area contributed by atoms with E-state index in [2.05, 4.69) is 20.9 Å². The van der Waals surface area contributed by atoms with E-state index in [4.69, 9.17) is 16.3 Å². The van der Waals surface area contributed by atoms with Gasteiger partial charge in [0, 0.05) is 25.0 Å². The van der Waals surface area contributed by atoms with Gasteiger partial charge in [0.25, 0.3) is 5.91 Å². The van der Waals surface area contributed by atoms with Gasteiger partial charge in [-0.1, -0.05) is 23.7 Å². The van der Waals surface area contributed by atoms with Crippen molar-refractivity contribution in [1.29, 1.82) is 0 Å². The lowest BCUT2D eigenvalue weighted by atomic mass is 10.2. The zero-order chi connectivity index (χ0) is 20.8. The number of rotatable bonds is 5. The Morgan fingerprint density at radius 1 is 1.00 bits per heavy atom. The molecule has 0 aliphatic heterocycles. The number of nitrogens with one attached hydrogen (secondary N) is 3. The van der Waals surface area contributed by atoms with Crippen molar-refractivity contribution in [3.63, 3.8) is 0 Å². The summed E-state index contributed by atoms with van der Waals surface area (Å²) in [5, 5.41) is 8.47. The molecular weight excluding hydrogens is 392 g/mol. The average Bonchev–Trinajstić information content (AvgIpc) is 2.72. The molecule has 1 aromatic heterocycles. The minimum Gasteiger partial charge on any atom is -0.457 e. The van der Waals surface area contributed by atoms with E-state index in [1.165, 1.54) is 13.2 Å². The number of aryl methyl sites for hydroxylation is 1. The van der Waals surface area contributed by atoms with Crippen LogP contribution in [0.25, 0.3) is 0 Å². The zero-order valence-electron chi connectivity index (χ0n) is 15.8. The third-order valence-corrected chi connectivity index (χ3v) is 4.31. The monoisotopic (exact) mass is 410 g/mol. The normalized spacial score (nSPS) is 10.2. The summed E-state index contributed by atoms with van der Waals surface area (Å²) in [7, 11) is 1.53. The van der Waals surface area contributed by atoms with Gasteiger partial charge in [0.2, 0.25) is 0 Å². The highest BCUT2D eigenvalue weighted by molar-refractivity contribution is 6.34. The lowest BCUT2D eigenvalue weighted by Crippen LogP contribution is -2.20. The van der Waals surface area contributed by atoms with Gasteiger partial charge >= 0.3 is 6.03 Å². The molecule has 0 unspecified atom stereocenters. The van der Waals surface area contributed by atoms with Gasteiger partial charge < -0.3 is 20.7 Å². The van der Waals surface area contributed by atoms with Gasteiger partial charge in [-0.05, 0) is 48.9 Å². The van der Waals surface area contributed by atoms with Crippen molar-refractivity contribution in [3.05, 3.63) is 77.1 Å². The van der Waals surface area contributed by atoms with Crippen molar-refractivity contribution >= 4 is 34.9 Å². The molecule has 0 saturated carbocycles. The first-order valence-corrected chi connectivity index (χ1v) is 9.13. The molecule has 2 aromatic carbocycles. The van der Waals surface area contributed by atoms with E-state index < -0.39 is 6.03 Å². The molecule has 0 fully saturated rings. The van der Waals surface area contributed by atoms with Crippen LogP contribution in [0.5, 0.6) is 11.5 Å². The van der Waals surface area contributed by atoms with Crippen LogP contribution >= 0.6 is 11.6 Å². The maximum Gasteiger partial charge on any atom is 0.323 e. The van der Waals surface area contributed by atoms with E-state index in [0.717, 1.165) is 5.56 Å². The van der Waals surface area contributed by atoms with Crippen molar-refractivity contribution in [3.8, 4) is 11.5 Å². The Bertz CT molecular complexity index is 1020. The lowest BCUT2D eigenvalue weighted by molar-refractivity contribution is 0.0958. The van der Waals surface area contributed by atoms with E-state index in [9.17, 15) is 9.59 Å². The Kier molecular flexibility index (Phi) is 6.31. The van der Waals surface area contributed by atoms with Crippen LogP contribution < -0.4 is 20.7 Å². The molecule has 0 spiro atoms. The van der Waals surface area contributed by atoms with Crippen LogP contribution in [-0.2, 0) is 0 Å². The molecule has 0 aliphatic rings. The quantitative estimate of drug-likeness (QED) is 0.561. The minimum absolute atomic E-state index is 0.259. The molecule has 0 saturated heterocycles. The summed E-state index contributed by atoms with van der Waals surface area (Å²) >= 11 is 6.13. The van der Waals surface area contributed by atoms with Gasteiger partial charge in [-0.25, -0.2) is 4.79 Å². The summed E-state index contributed by atoms with van der Waals surface area (Å²) in [6.07, 6.45) is 1.50. The van der Waals surface area contributed by atoms with E-state index in [0.29, 0.717) is 27.9 Å². The third-order valence-electron chi connectivity index (χ3n) is 4.00. The van der Waals surface area contributed by atoms with Crippen molar-refractivity contribution in [1.82, 2.24) is 10.3 Å². The number of carbonyl (C=O) groups excluding carboxylic acids is 2. The highest BCUT2D eigenvalue weighted by atomic mass is 35.5. The number of pyridine rings is 1. The molecule has 0 bridgehead atoms. The van der Waals surface area contributed by atoms with Crippen molar-refractivity contribution in [2.45, 2.75) is 6.92 Å². The van der Waals surface area contributed by atoms with Crippen molar-refractivity contribution in [2.24, 2.45) is 0 Å². The van der Waals surface area contributed by atoms with Gasteiger partial charge in [-0.3, -0.25) is 9.78 Å². The predicted octanol–water partition coefficient (Wildman–Crippen LogP) is 4.84. The van der Waals surface area contributed by atoms with Gasteiger partial charge in [0.15, 0.2) is 0 Å². The highest BCUT2D eigenvalue weighted by Crippen LogP contribution is 2.26. The molecule has 0 aliphatic carbocycles. The number of carbonyl (C=O) groups is 2. The molecular formula is C21H19ClN4O3. The summed E-state index contributed by atoms with van der Waals surface area (Å²) in [4.78, 5) is 27.9. The molecule has 3 amide bonds. The van der Waals surface area contributed by atoms with E-state index in [1.807, 2.05) is 19.1 Å². The maximum atomic E-state index is 12.2. The lowest BCUT2D eigenvalue weighted by Gasteiger charge is -2.12. The summed E-state index contributed by atoms with van der Waals surface area (Å²) in [6, 6.07) is 15.0. The van der Waals surface area contributed by atoms with Crippen LogP contribution in [0.3, 0.4) is 0 Å². The van der Waals surface area contributed by atoms with Crippen molar-refractivity contribution < 1.29 is 14.3 Å². The molecule has 7 nitrogen and oxygen atoms in total. The number of ether oxygens (including phenoxy) is 1. The van der Waals surface area contributed by atoms with Crippen LogP contribution in [-0.4, -0.2) is 24.0 Å². The number of hydrogen-bond donors (Lipinski definition) is 3. The average molecular weight is 411 g/mol. The Morgan fingerprint density at radius 3 is 2.45 bits per heavy atom. The SMILES string of the molecule is CNC(=O)c1cc(Oc2ccc(NC(=O)Nc3c(C)cccc3Cl)cc2)ccn1. The maximum absolute atomic E-state index is 12.2. The van der Waals surface area contributed by atoms with Crippen LogP contribution in [0.1, 0.15) is 16.1 Å². The molecule has 1 heterocycles. The van der Waals surface area contributed by atoms with Gasteiger partial charge in [0.1, 0.15) is 17.2 Å². The second-order valence-electron chi connectivity index (χ2n) is 6.09. The number of urea groups is 1. The Labute approximate surface area is 173 Å². The molecule has 29 heavy (non-hydrogen) atoms. The molecule has 3 N–H and O–H groups in total. The highest BCUT2D eigenvalue weighted by Gasteiger charge is 2.09. The second kappa shape index (κ2) is 9.07. The number of para-hydroxylation sites is 1.